The Morgan fingerprint density at radius 3 is 2.55 bits per heavy atom. The molecule has 1 atom stereocenters. The van der Waals surface area contributed by atoms with Crippen molar-refractivity contribution in [2.45, 2.75) is 50.9 Å². The van der Waals surface area contributed by atoms with Crippen molar-refractivity contribution < 1.29 is 19.3 Å². The minimum Gasteiger partial charge on any atom is -0.445 e. The van der Waals surface area contributed by atoms with Gasteiger partial charge < -0.3 is 19.8 Å². The number of amides is 1. The SMILES string of the molecule is O=C(NC(CC1CCCCC1)P(O)O)OCc1ccccc1. The Bertz CT molecular complexity index is 449. The fourth-order valence-electron chi connectivity index (χ4n) is 2.85. The van der Waals surface area contributed by atoms with Crippen LogP contribution in [0, 0.1) is 5.92 Å². The number of benzene rings is 1. The number of carbonyl (C=O) groups is 1. The lowest BCUT2D eigenvalue weighted by Gasteiger charge is -2.27. The topological polar surface area (TPSA) is 78.8 Å². The molecule has 122 valence electrons. The number of hydrogen-bond donors (Lipinski definition) is 3. The molecule has 1 fully saturated rings. The van der Waals surface area contributed by atoms with Crippen LogP contribution in [0.15, 0.2) is 30.3 Å². The van der Waals surface area contributed by atoms with Gasteiger partial charge in [0.2, 0.25) is 0 Å². The highest BCUT2D eigenvalue weighted by atomic mass is 31.2. The van der Waals surface area contributed by atoms with E-state index in [2.05, 4.69) is 5.32 Å². The summed E-state index contributed by atoms with van der Waals surface area (Å²) in [6, 6.07) is 9.40. The van der Waals surface area contributed by atoms with Crippen LogP contribution in [0.3, 0.4) is 0 Å². The molecule has 0 aromatic heterocycles. The van der Waals surface area contributed by atoms with Crippen LogP contribution < -0.4 is 5.32 Å². The lowest BCUT2D eigenvalue weighted by Crippen LogP contribution is -2.35. The molecule has 1 saturated carbocycles. The van der Waals surface area contributed by atoms with Crippen molar-refractivity contribution in [3.8, 4) is 0 Å². The smallest absolute Gasteiger partial charge is 0.408 e. The second-order valence-electron chi connectivity index (χ2n) is 5.78. The van der Waals surface area contributed by atoms with E-state index in [0.29, 0.717) is 12.3 Å². The molecular formula is C16H24NO4P. The maximum Gasteiger partial charge on any atom is 0.408 e. The van der Waals surface area contributed by atoms with Crippen molar-refractivity contribution in [1.29, 1.82) is 0 Å². The number of rotatable bonds is 6. The van der Waals surface area contributed by atoms with Gasteiger partial charge in [0, 0.05) is 0 Å². The molecule has 0 spiro atoms. The van der Waals surface area contributed by atoms with E-state index in [9.17, 15) is 14.6 Å². The number of nitrogens with one attached hydrogen (secondary N) is 1. The van der Waals surface area contributed by atoms with Crippen molar-refractivity contribution >= 4 is 14.5 Å². The summed E-state index contributed by atoms with van der Waals surface area (Å²) in [4.78, 5) is 30.9. The first kappa shape index (κ1) is 17.2. The van der Waals surface area contributed by atoms with Gasteiger partial charge in [-0.1, -0.05) is 62.4 Å². The molecule has 0 heterocycles. The van der Waals surface area contributed by atoms with Gasteiger partial charge in [0.05, 0.1) is 0 Å². The van der Waals surface area contributed by atoms with Gasteiger partial charge in [0.15, 0.2) is 8.38 Å². The standard InChI is InChI=1S/C16H24NO4P/c18-16(21-12-14-9-5-2-6-10-14)17-15(22(19)20)11-13-7-3-1-4-8-13/h2,5-6,9-10,13,15,19-20H,1,3-4,7-8,11-12H2,(H,17,18). The van der Waals surface area contributed by atoms with Gasteiger partial charge in [-0.3, -0.25) is 0 Å². The van der Waals surface area contributed by atoms with Crippen LogP contribution in [0.2, 0.25) is 0 Å². The zero-order chi connectivity index (χ0) is 15.8. The lowest BCUT2D eigenvalue weighted by atomic mass is 9.87. The van der Waals surface area contributed by atoms with Crippen LogP contribution in [0.4, 0.5) is 4.79 Å². The van der Waals surface area contributed by atoms with Crippen molar-refractivity contribution in [2.24, 2.45) is 5.92 Å². The maximum atomic E-state index is 11.8. The summed E-state index contributed by atoms with van der Waals surface area (Å²) in [6.45, 7) is 0.178. The number of hydrogen-bond acceptors (Lipinski definition) is 4. The minimum atomic E-state index is -2.20. The number of carbonyl (C=O) groups excluding carboxylic acids is 1. The van der Waals surface area contributed by atoms with Crippen LogP contribution >= 0.6 is 8.38 Å². The summed E-state index contributed by atoms with van der Waals surface area (Å²) >= 11 is 0. The predicted molar refractivity (Wildman–Crippen MR) is 86.1 cm³/mol. The highest BCUT2D eigenvalue weighted by molar-refractivity contribution is 7.45. The van der Waals surface area contributed by atoms with E-state index in [1.54, 1.807) is 0 Å². The molecule has 6 heteroatoms. The normalized spacial score (nSPS) is 17.2. The third-order valence-corrected chi connectivity index (χ3v) is 4.95. The number of alkyl carbamates (subject to hydrolysis) is 1. The Labute approximate surface area is 132 Å². The summed E-state index contributed by atoms with van der Waals surface area (Å²) < 4.78 is 5.14. The van der Waals surface area contributed by atoms with Gasteiger partial charge in [0.1, 0.15) is 12.4 Å². The summed E-state index contributed by atoms with van der Waals surface area (Å²) in [5.74, 6) is -0.154. The van der Waals surface area contributed by atoms with Gasteiger partial charge in [-0.2, -0.15) is 0 Å². The third kappa shape index (κ3) is 5.91. The first-order chi connectivity index (χ1) is 10.6. The average molecular weight is 325 g/mol. The molecule has 1 aromatic rings. The Balaban J connectivity index is 1.78. The second kappa shape index (κ2) is 9.09. The second-order valence-corrected chi connectivity index (χ2v) is 7.05. The summed E-state index contributed by atoms with van der Waals surface area (Å²) in [6.07, 6.45) is 5.83. The molecule has 1 aromatic carbocycles. The summed E-state index contributed by atoms with van der Waals surface area (Å²) in [5.41, 5.74) is 0.900. The molecule has 0 saturated heterocycles. The van der Waals surface area contributed by atoms with Crippen LogP contribution in [0.5, 0.6) is 0 Å². The first-order valence-electron chi connectivity index (χ1n) is 7.79. The van der Waals surface area contributed by atoms with Crippen LogP contribution in [-0.2, 0) is 11.3 Å². The molecule has 3 N–H and O–H groups in total. The molecule has 22 heavy (non-hydrogen) atoms. The molecule has 0 radical (unpaired) electrons. The van der Waals surface area contributed by atoms with Crippen molar-refractivity contribution in [3.63, 3.8) is 0 Å². The molecular weight excluding hydrogens is 301 g/mol. The highest BCUT2D eigenvalue weighted by Crippen LogP contribution is 2.37. The third-order valence-electron chi connectivity index (χ3n) is 4.06. The van der Waals surface area contributed by atoms with Crippen LogP contribution in [0.25, 0.3) is 0 Å². The molecule has 1 aliphatic carbocycles. The summed E-state index contributed by atoms with van der Waals surface area (Å²) in [5, 5.41) is 2.60. The largest absolute Gasteiger partial charge is 0.445 e. The Kier molecular flexibility index (Phi) is 7.10. The van der Waals surface area contributed by atoms with Gasteiger partial charge in [0.25, 0.3) is 0 Å². The fourth-order valence-corrected chi connectivity index (χ4v) is 3.56. The van der Waals surface area contributed by atoms with Crippen molar-refractivity contribution in [2.75, 3.05) is 0 Å². The van der Waals surface area contributed by atoms with E-state index in [-0.39, 0.29) is 6.61 Å². The molecule has 2 rings (SSSR count). The van der Waals surface area contributed by atoms with E-state index in [1.165, 1.54) is 19.3 Å². The quantitative estimate of drug-likeness (QED) is 0.699. The molecule has 1 unspecified atom stereocenters. The Morgan fingerprint density at radius 1 is 1.23 bits per heavy atom. The van der Waals surface area contributed by atoms with E-state index in [4.69, 9.17) is 4.74 Å². The number of ether oxygens (including phenoxy) is 1. The van der Waals surface area contributed by atoms with Crippen molar-refractivity contribution in [3.05, 3.63) is 35.9 Å². The molecule has 0 aliphatic heterocycles. The zero-order valence-corrected chi connectivity index (χ0v) is 13.5. The first-order valence-corrected chi connectivity index (χ1v) is 9.11. The van der Waals surface area contributed by atoms with Crippen molar-refractivity contribution in [1.82, 2.24) is 5.32 Å². The zero-order valence-electron chi connectivity index (χ0n) is 12.6. The van der Waals surface area contributed by atoms with E-state index in [0.717, 1.165) is 18.4 Å². The Hall–Kier alpha value is -1.16. The van der Waals surface area contributed by atoms with E-state index >= 15 is 0 Å². The van der Waals surface area contributed by atoms with Gasteiger partial charge in [-0.05, 0) is 17.9 Å². The predicted octanol–water partition coefficient (Wildman–Crippen LogP) is 3.51. The van der Waals surface area contributed by atoms with Crippen LogP contribution in [-0.4, -0.2) is 21.7 Å². The highest BCUT2D eigenvalue weighted by Gasteiger charge is 2.26. The van der Waals surface area contributed by atoms with E-state index < -0.39 is 20.3 Å². The van der Waals surface area contributed by atoms with Crippen LogP contribution in [0.1, 0.15) is 44.1 Å². The Morgan fingerprint density at radius 2 is 1.91 bits per heavy atom. The van der Waals surface area contributed by atoms with E-state index in [1.807, 2.05) is 30.3 Å². The monoisotopic (exact) mass is 325 g/mol. The molecule has 1 amide bonds. The molecule has 5 nitrogen and oxygen atoms in total. The maximum absolute atomic E-state index is 11.8. The van der Waals surface area contributed by atoms with Gasteiger partial charge in [-0.15, -0.1) is 0 Å². The van der Waals surface area contributed by atoms with Gasteiger partial charge >= 0.3 is 6.09 Å². The average Bonchev–Trinajstić information content (AvgIpc) is 2.54. The molecule has 1 aliphatic rings. The minimum absolute atomic E-state index is 0.178. The lowest BCUT2D eigenvalue weighted by molar-refractivity contribution is 0.136. The fraction of sp³-hybridized carbons (Fsp3) is 0.562. The van der Waals surface area contributed by atoms with Gasteiger partial charge in [-0.25, -0.2) is 4.79 Å². The summed E-state index contributed by atoms with van der Waals surface area (Å²) in [7, 11) is -2.20. The molecule has 0 bridgehead atoms.